The van der Waals surface area contributed by atoms with Gasteiger partial charge in [0.15, 0.2) is 0 Å². The summed E-state index contributed by atoms with van der Waals surface area (Å²) in [4.78, 5) is 11.1. The van der Waals surface area contributed by atoms with Gasteiger partial charge in [0.05, 0.1) is 6.07 Å². The number of benzene rings is 1. The minimum Gasteiger partial charge on any atom is -0.299 e. The van der Waals surface area contributed by atoms with Crippen molar-refractivity contribution in [3.8, 4) is 6.07 Å². The first-order valence-corrected chi connectivity index (χ1v) is 4.59. The lowest BCUT2D eigenvalue weighted by Crippen LogP contribution is -2.12. The molecule has 0 spiro atoms. The zero-order valence-electron chi connectivity index (χ0n) is 8.45. The fraction of sp³-hybridized carbons (Fsp3) is 0.333. The Kier molecular flexibility index (Phi) is 3.41. The summed E-state index contributed by atoms with van der Waals surface area (Å²) in [5, 5.41) is 8.78. The Balaban J connectivity index is 2.84. The quantitative estimate of drug-likeness (QED) is 0.728. The van der Waals surface area contributed by atoms with Gasteiger partial charge in [-0.25, -0.2) is 0 Å². The molecule has 1 rings (SSSR count). The molecule has 0 aliphatic carbocycles. The number of carbonyl (C=O) groups excluding carboxylic acids is 1. The highest BCUT2D eigenvalue weighted by molar-refractivity contribution is 5.81. The number of carbonyl (C=O) groups is 1. The van der Waals surface area contributed by atoms with E-state index < -0.39 is 5.92 Å². The van der Waals surface area contributed by atoms with Gasteiger partial charge in [-0.15, -0.1) is 0 Å². The molecule has 0 radical (unpaired) electrons. The largest absolute Gasteiger partial charge is 0.299 e. The van der Waals surface area contributed by atoms with Crippen LogP contribution in [0.25, 0.3) is 0 Å². The van der Waals surface area contributed by atoms with Gasteiger partial charge in [0.2, 0.25) is 0 Å². The predicted octanol–water partition coefficient (Wildman–Crippen LogP) is 2.27. The standard InChI is InChI=1S/C12H13NO/c1-9-5-3-4-6-11(9)7-12(8-13)10(2)14/h3-6,12H,7H2,1-2H3. The highest BCUT2D eigenvalue weighted by Gasteiger charge is 2.14. The van der Waals surface area contributed by atoms with Crippen molar-refractivity contribution in [3.05, 3.63) is 35.4 Å². The van der Waals surface area contributed by atoms with Crippen LogP contribution in [-0.2, 0) is 11.2 Å². The first-order valence-electron chi connectivity index (χ1n) is 4.59. The van der Waals surface area contributed by atoms with Crippen molar-refractivity contribution in [1.29, 1.82) is 5.26 Å². The highest BCUT2D eigenvalue weighted by Crippen LogP contribution is 2.13. The normalized spacial score (nSPS) is 11.8. The van der Waals surface area contributed by atoms with Gasteiger partial charge in [0.1, 0.15) is 11.7 Å². The Labute approximate surface area is 84.2 Å². The molecule has 2 nitrogen and oxygen atoms in total. The topological polar surface area (TPSA) is 40.9 Å². The second-order valence-electron chi connectivity index (χ2n) is 3.42. The van der Waals surface area contributed by atoms with E-state index in [2.05, 4.69) is 0 Å². The number of hydrogen-bond acceptors (Lipinski definition) is 2. The van der Waals surface area contributed by atoms with Gasteiger partial charge in [-0.1, -0.05) is 24.3 Å². The van der Waals surface area contributed by atoms with Gasteiger partial charge in [0, 0.05) is 0 Å². The monoisotopic (exact) mass is 187 g/mol. The summed E-state index contributed by atoms with van der Waals surface area (Å²) in [6.07, 6.45) is 0.526. The van der Waals surface area contributed by atoms with Crippen LogP contribution in [0.3, 0.4) is 0 Å². The van der Waals surface area contributed by atoms with E-state index in [0.29, 0.717) is 6.42 Å². The van der Waals surface area contributed by atoms with Gasteiger partial charge in [-0.3, -0.25) is 4.79 Å². The van der Waals surface area contributed by atoms with Crippen LogP contribution in [-0.4, -0.2) is 5.78 Å². The van der Waals surface area contributed by atoms with Gasteiger partial charge in [-0.2, -0.15) is 5.26 Å². The lowest BCUT2D eigenvalue weighted by atomic mass is 9.95. The molecule has 0 heterocycles. The first-order chi connectivity index (χ1) is 6.65. The van der Waals surface area contributed by atoms with Gasteiger partial charge in [-0.05, 0) is 31.4 Å². The van der Waals surface area contributed by atoms with Crippen molar-refractivity contribution in [1.82, 2.24) is 0 Å². The third-order valence-electron chi connectivity index (χ3n) is 2.33. The van der Waals surface area contributed by atoms with Crippen LogP contribution in [0.1, 0.15) is 18.1 Å². The molecule has 1 unspecified atom stereocenters. The maximum Gasteiger partial charge on any atom is 0.147 e. The number of ketones is 1. The molecule has 0 N–H and O–H groups in total. The van der Waals surface area contributed by atoms with Crippen molar-refractivity contribution in [2.24, 2.45) is 5.92 Å². The highest BCUT2D eigenvalue weighted by atomic mass is 16.1. The molecule has 0 bridgehead atoms. The average molecular weight is 187 g/mol. The summed E-state index contributed by atoms with van der Waals surface area (Å²) >= 11 is 0. The van der Waals surface area contributed by atoms with E-state index in [9.17, 15) is 4.79 Å². The van der Waals surface area contributed by atoms with E-state index in [1.54, 1.807) is 0 Å². The van der Waals surface area contributed by atoms with Crippen molar-refractivity contribution >= 4 is 5.78 Å². The molecule has 0 saturated carbocycles. The average Bonchev–Trinajstić information content (AvgIpc) is 2.16. The molecule has 0 aromatic heterocycles. The molecule has 1 atom stereocenters. The lowest BCUT2D eigenvalue weighted by Gasteiger charge is -2.07. The smallest absolute Gasteiger partial charge is 0.147 e. The van der Waals surface area contributed by atoms with E-state index in [4.69, 9.17) is 5.26 Å². The molecule has 1 aromatic carbocycles. The summed E-state index contributed by atoms with van der Waals surface area (Å²) in [7, 11) is 0. The Morgan fingerprint density at radius 1 is 1.50 bits per heavy atom. The molecule has 72 valence electrons. The maximum absolute atomic E-state index is 11.1. The molecule has 1 aromatic rings. The van der Waals surface area contributed by atoms with Crippen LogP contribution >= 0.6 is 0 Å². The van der Waals surface area contributed by atoms with E-state index in [1.807, 2.05) is 37.3 Å². The number of nitriles is 1. The van der Waals surface area contributed by atoms with Crippen molar-refractivity contribution in [3.63, 3.8) is 0 Å². The SMILES string of the molecule is CC(=O)C(C#N)Cc1ccccc1C. The fourth-order valence-corrected chi connectivity index (χ4v) is 1.34. The fourth-order valence-electron chi connectivity index (χ4n) is 1.34. The Bertz CT molecular complexity index is 376. The molecular formula is C12H13NO. The minimum absolute atomic E-state index is 0.0595. The summed E-state index contributed by atoms with van der Waals surface area (Å²) in [5.41, 5.74) is 2.21. The molecule has 2 heteroatoms. The number of Topliss-reactive ketones (excluding diaryl/α,β-unsaturated/α-hetero) is 1. The zero-order chi connectivity index (χ0) is 10.6. The predicted molar refractivity (Wildman–Crippen MR) is 54.7 cm³/mol. The number of hydrogen-bond donors (Lipinski definition) is 0. The Morgan fingerprint density at radius 3 is 2.64 bits per heavy atom. The molecular weight excluding hydrogens is 174 g/mol. The van der Waals surface area contributed by atoms with Crippen LogP contribution in [0.15, 0.2) is 24.3 Å². The van der Waals surface area contributed by atoms with Crippen LogP contribution in [0.4, 0.5) is 0 Å². The number of rotatable bonds is 3. The molecule has 14 heavy (non-hydrogen) atoms. The van der Waals surface area contributed by atoms with Crippen molar-refractivity contribution in [2.45, 2.75) is 20.3 Å². The van der Waals surface area contributed by atoms with E-state index in [1.165, 1.54) is 6.92 Å². The second-order valence-corrected chi connectivity index (χ2v) is 3.42. The van der Waals surface area contributed by atoms with E-state index in [0.717, 1.165) is 11.1 Å². The molecule has 0 amide bonds. The van der Waals surface area contributed by atoms with Gasteiger partial charge in [0.25, 0.3) is 0 Å². The minimum atomic E-state index is -0.504. The van der Waals surface area contributed by atoms with E-state index in [-0.39, 0.29) is 5.78 Å². The first kappa shape index (κ1) is 10.5. The zero-order valence-corrected chi connectivity index (χ0v) is 8.45. The van der Waals surface area contributed by atoms with Gasteiger partial charge >= 0.3 is 0 Å². The van der Waals surface area contributed by atoms with Crippen LogP contribution in [0, 0.1) is 24.2 Å². The second kappa shape index (κ2) is 4.57. The summed E-state index contributed by atoms with van der Waals surface area (Å²) in [6, 6.07) is 9.86. The number of aryl methyl sites for hydroxylation is 1. The summed E-state index contributed by atoms with van der Waals surface area (Å²) < 4.78 is 0. The maximum atomic E-state index is 11.1. The third-order valence-corrected chi connectivity index (χ3v) is 2.33. The molecule has 0 fully saturated rings. The van der Waals surface area contributed by atoms with Crippen LogP contribution < -0.4 is 0 Å². The third kappa shape index (κ3) is 2.43. The molecule has 0 aliphatic heterocycles. The summed E-state index contributed by atoms with van der Waals surface area (Å²) in [6.45, 7) is 3.45. The lowest BCUT2D eigenvalue weighted by molar-refractivity contribution is -0.119. The molecule has 0 aliphatic rings. The molecule has 0 saturated heterocycles. The van der Waals surface area contributed by atoms with Crippen LogP contribution in [0.2, 0.25) is 0 Å². The Hall–Kier alpha value is -1.62. The van der Waals surface area contributed by atoms with Gasteiger partial charge < -0.3 is 0 Å². The van der Waals surface area contributed by atoms with Crippen LogP contribution in [0.5, 0.6) is 0 Å². The summed E-state index contributed by atoms with van der Waals surface area (Å²) in [5.74, 6) is -0.563. The van der Waals surface area contributed by atoms with E-state index >= 15 is 0 Å². The van der Waals surface area contributed by atoms with Crippen molar-refractivity contribution in [2.75, 3.05) is 0 Å². The Morgan fingerprint density at radius 2 is 2.14 bits per heavy atom. The van der Waals surface area contributed by atoms with Crippen molar-refractivity contribution < 1.29 is 4.79 Å². The number of nitrogens with zero attached hydrogens (tertiary/aromatic N) is 1.